The Morgan fingerprint density at radius 3 is 2.70 bits per heavy atom. The molecule has 0 bridgehead atoms. The highest BCUT2D eigenvalue weighted by atomic mass is 32.2. The van der Waals surface area contributed by atoms with Crippen LogP contribution >= 0.6 is 23.1 Å². The van der Waals surface area contributed by atoms with Gasteiger partial charge in [0, 0.05) is 11.1 Å². The molecule has 0 aliphatic heterocycles. The monoisotopic (exact) mass is 341 g/mol. The molecule has 0 radical (unpaired) electrons. The summed E-state index contributed by atoms with van der Waals surface area (Å²) in [7, 11) is 0. The first kappa shape index (κ1) is 15.7. The molecule has 2 aromatic heterocycles. The van der Waals surface area contributed by atoms with Gasteiger partial charge < -0.3 is 5.32 Å². The van der Waals surface area contributed by atoms with Crippen LogP contribution in [0.25, 0.3) is 0 Å². The van der Waals surface area contributed by atoms with Crippen LogP contribution in [0, 0.1) is 6.92 Å². The Balaban J connectivity index is 1.59. The SMILES string of the molecule is Cc1cnc(CNC(=O)c2ccc(Sc3ccccc3)s2)cn1. The molecule has 2 heterocycles. The second-order valence-electron chi connectivity index (χ2n) is 4.87. The Bertz CT molecular complexity index is 785. The second-order valence-corrected chi connectivity index (χ2v) is 7.32. The molecule has 0 fully saturated rings. The minimum absolute atomic E-state index is 0.0858. The van der Waals surface area contributed by atoms with E-state index in [-0.39, 0.29) is 5.91 Å². The Morgan fingerprint density at radius 2 is 1.96 bits per heavy atom. The van der Waals surface area contributed by atoms with E-state index in [1.165, 1.54) is 11.3 Å². The van der Waals surface area contributed by atoms with Gasteiger partial charge >= 0.3 is 0 Å². The van der Waals surface area contributed by atoms with Crippen LogP contribution in [0.2, 0.25) is 0 Å². The van der Waals surface area contributed by atoms with Crippen molar-refractivity contribution in [2.24, 2.45) is 0 Å². The summed E-state index contributed by atoms with van der Waals surface area (Å²) in [6, 6.07) is 13.9. The van der Waals surface area contributed by atoms with Gasteiger partial charge in [-0.2, -0.15) is 0 Å². The number of amides is 1. The maximum Gasteiger partial charge on any atom is 0.261 e. The van der Waals surface area contributed by atoms with Crippen molar-refractivity contribution in [3.8, 4) is 0 Å². The van der Waals surface area contributed by atoms with E-state index in [2.05, 4.69) is 27.4 Å². The maximum absolute atomic E-state index is 12.2. The number of benzene rings is 1. The van der Waals surface area contributed by atoms with Crippen molar-refractivity contribution in [2.75, 3.05) is 0 Å². The van der Waals surface area contributed by atoms with Crippen molar-refractivity contribution in [1.82, 2.24) is 15.3 Å². The average Bonchev–Trinajstić information content (AvgIpc) is 3.03. The van der Waals surface area contributed by atoms with Gasteiger partial charge in [0.15, 0.2) is 0 Å². The maximum atomic E-state index is 12.2. The van der Waals surface area contributed by atoms with Crippen molar-refractivity contribution in [1.29, 1.82) is 0 Å². The largest absolute Gasteiger partial charge is 0.346 e. The van der Waals surface area contributed by atoms with Crippen LogP contribution < -0.4 is 5.32 Å². The predicted octanol–water partition coefficient (Wildman–Crippen LogP) is 3.93. The first-order valence-corrected chi connectivity index (χ1v) is 8.72. The zero-order valence-electron chi connectivity index (χ0n) is 12.5. The molecular weight excluding hydrogens is 326 g/mol. The summed E-state index contributed by atoms with van der Waals surface area (Å²) >= 11 is 3.15. The third-order valence-corrected chi connectivity index (χ3v) is 5.26. The minimum atomic E-state index is -0.0858. The fourth-order valence-electron chi connectivity index (χ4n) is 1.87. The molecule has 0 atom stereocenters. The van der Waals surface area contributed by atoms with Gasteiger partial charge in [-0.3, -0.25) is 14.8 Å². The molecule has 4 nitrogen and oxygen atoms in total. The molecule has 0 unspecified atom stereocenters. The van der Waals surface area contributed by atoms with Crippen LogP contribution in [0.1, 0.15) is 21.1 Å². The van der Waals surface area contributed by atoms with Crippen LogP contribution in [0.15, 0.2) is 64.0 Å². The van der Waals surface area contributed by atoms with Gasteiger partial charge in [0.2, 0.25) is 0 Å². The highest BCUT2D eigenvalue weighted by molar-refractivity contribution is 8.01. The van der Waals surface area contributed by atoms with E-state index in [1.807, 2.05) is 37.3 Å². The fourth-order valence-corrected chi connectivity index (χ4v) is 3.91. The quantitative estimate of drug-likeness (QED) is 0.764. The average molecular weight is 341 g/mol. The zero-order valence-corrected chi connectivity index (χ0v) is 14.2. The van der Waals surface area contributed by atoms with Gasteiger partial charge in [0.05, 0.1) is 33.2 Å². The van der Waals surface area contributed by atoms with E-state index in [0.717, 1.165) is 20.5 Å². The number of carbonyl (C=O) groups excluding carboxylic acids is 1. The summed E-state index contributed by atoms with van der Waals surface area (Å²) in [5.41, 5.74) is 1.61. The van der Waals surface area contributed by atoms with Crippen LogP contribution in [-0.4, -0.2) is 15.9 Å². The first-order chi connectivity index (χ1) is 11.2. The summed E-state index contributed by atoms with van der Waals surface area (Å²) in [4.78, 5) is 22.4. The number of thiophene rings is 1. The van der Waals surface area contributed by atoms with Gasteiger partial charge in [-0.05, 0) is 31.2 Å². The topological polar surface area (TPSA) is 54.9 Å². The van der Waals surface area contributed by atoms with E-state index < -0.39 is 0 Å². The molecule has 23 heavy (non-hydrogen) atoms. The summed E-state index contributed by atoms with van der Waals surface area (Å²) in [6.45, 7) is 2.26. The van der Waals surface area contributed by atoms with Crippen molar-refractivity contribution < 1.29 is 4.79 Å². The number of rotatable bonds is 5. The fraction of sp³-hybridized carbons (Fsp3) is 0.118. The lowest BCUT2D eigenvalue weighted by molar-refractivity contribution is 0.0954. The number of nitrogens with zero attached hydrogens (tertiary/aromatic N) is 2. The molecule has 1 aromatic carbocycles. The number of nitrogens with one attached hydrogen (secondary N) is 1. The van der Waals surface area contributed by atoms with Gasteiger partial charge in [0.1, 0.15) is 0 Å². The third kappa shape index (κ3) is 4.40. The molecule has 0 spiro atoms. The summed E-state index contributed by atoms with van der Waals surface area (Å²) in [6.07, 6.45) is 3.38. The third-order valence-electron chi connectivity index (χ3n) is 3.03. The smallest absolute Gasteiger partial charge is 0.261 e. The molecule has 3 aromatic rings. The van der Waals surface area contributed by atoms with Crippen molar-refractivity contribution in [2.45, 2.75) is 22.6 Å². The van der Waals surface area contributed by atoms with E-state index in [9.17, 15) is 4.79 Å². The Labute approximate surface area is 143 Å². The van der Waals surface area contributed by atoms with Crippen molar-refractivity contribution >= 4 is 29.0 Å². The lowest BCUT2D eigenvalue weighted by atomic mass is 10.4. The summed E-state index contributed by atoms with van der Waals surface area (Å²) in [5.74, 6) is -0.0858. The molecule has 0 saturated carbocycles. The second kappa shape index (κ2) is 7.39. The molecule has 3 rings (SSSR count). The summed E-state index contributed by atoms with van der Waals surface area (Å²) < 4.78 is 1.09. The van der Waals surface area contributed by atoms with Gasteiger partial charge in [-0.25, -0.2) is 0 Å². The van der Waals surface area contributed by atoms with Crippen molar-refractivity contribution in [3.05, 3.63) is 71.1 Å². The van der Waals surface area contributed by atoms with Crippen LogP contribution in [0.5, 0.6) is 0 Å². The molecule has 1 N–H and O–H groups in total. The highest BCUT2D eigenvalue weighted by Gasteiger charge is 2.10. The minimum Gasteiger partial charge on any atom is -0.346 e. The van der Waals surface area contributed by atoms with Crippen LogP contribution in [0.4, 0.5) is 0 Å². The molecule has 0 aliphatic rings. The number of hydrogen-bond donors (Lipinski definition) is 1. The van der Waals surface area contributed by atoms with Crippen molar-refractivity contribution in [3.63, 3.8) is 0 Å². The lowest BCUT2D eigenvalue weighted by Gasteiger charge is -2.03. The Hall–Kier alpha value is -2.18. The number of aromatic nitrogens is 2. The summed E-state index contributed by atoms with van der Waals surface area (Å²) in [5, 5.41) is 2.87. The first-order valence-electron chi connectivity index (χ1n) is 7.09. The van der Waals surface area contributed by atoms with E-state index >= 15 is 0 Å². The van der Waals surface area contributed by atoms with Crippen LogP contribution in [0.3, 0.4) is 0 Å². The molecular formula is C17H15N3OS2. The Morgan fingerprint density at radius 1 is 1.13 bits per heavy atom. The standard InChI is InChI=1S/C17H15N3OS2/c1-12-9-19-13(10-18-12)11-20-17(21)15-7-8-16(23-15)22-14-5-3-2-4-6-14/h2-10H,11H2,1H3,(H,20,21). The number of carbonyl (C=O) groups is 1. The highest BCUT2D eigenvalue weighted by Crippen LogP contribution is 2.33. The Kier molecular flexibility index (Phi) is 5.05. The molecule has 0 saturated heterocycles. The zero-order chi connectivity index (χ0) is 16.1. The lowest BCUT2D eigenvalue weighted by Crippen LogP contribution is -2.22. The van der Waals surface area contributed by atoms with E-state index in [0.29, 0.717) is 11.4 Å². The molecule has 116 valence electrons. The van der Waals surface area contributed by atoms with Gasteiger partial charge in [-0.15, -0.1) is 11.3 Å². The van der Waals surface area contributed by atoms with Crippen LogP contribution in [-0.2, 0) is 6.54 Å². The normalized spacial score (nSPS) is 10.5. The van der Waals surface area contributed by atoms with E-state index in [1.54, 1.807) is 24.2 Å². The van der Waals surface area contributed by atoms with Gasteiger partial charge in [0.25, 0.3) is 5.91 Å². The molecule has 6 heteroatoms. The number of aryl methyl sites for hydroxylation is 1. The van der Waals surface area contributed by atoms with E-state index in [4.69, 9.17) is 0 Å². The molecule has 0 aliphatic carbocycles. The van der Waals surface area contributed by atoms with Gasteiger partial charge in [-0.1, -0.05) is 30.0 Å². The predicted molar refractivity (Wildman–Crippen MR) is 92.8 cm³/mol. The molecule has 1 amide bonds. The number of hydrogen-bond acceptors (Lipinski definition) is 5.